The maximum atomic E-state index is 7.32. The van der Waals surface area contributed by atoms with Crippen molar-refractivity contribution in [2.24, 2.45) is 0 Å². The molecule has 0 spiro atoms. The van der Waals surface area contributed by atoms with E-state index in [-0.39, 0.29) is 0 Å². The van der Waals surface area contributed by atoms with Gasteiger partial charge >= 0.3 is 63.0 Å². The first-order valence-corrected chi connectivity index (χ1v) is 17.8. The molecule has 0 saturated carbocycles. The molecule has 0 radical (unpaired) electrons. The van der Waals surface area contributed by atoms with Gasteiger partial charge in [-0.3, -0.25) is 0 Å². The van der Waals surface area contributed by atoms with E-state index in [4.69, 9.17) is 24.6 Å². The maximum absolute atomic E-state index is 7.32. The smallest absolute Gasteiger partial charge is 0.0151 e. The molecule has 1 aliphatic heterocycles. The molecule has 0 bridgehead atoms. The van der Waals surface area contributed by atoms with E-state index in [1.54, 1.807) is 6.07 Å². The quantitative estimate of drug-likeness (QED) is 0.248. The Labute approximate surface area is 233 Å². The van der Waals surface area contributed by atoms with Crippen LogP contribution in [0.4, 0.5) is 11.4 Å². The molecule has 2 aromatic carbocycles. The normalized spacial score (nSPS) is 12.8. The Kier molecular flexibility index (Phi) is 14.6. The summed E-state index contributed by atoms with van der Waals surface area (Å²) < 4.78 is 1.88. The van der Waals surface area contributed by atoms with Crippen molar-refractivity contribution in [2.45, 2.75) is 74.1 Å². The van der Waals surface area contributed by atoms with Crippen molar-refractivity contribution in [1.29, 1.82) is 5.26 Å². The van der Waals surface area contributed by atoms with E-state index in [0.29, 0.717) is 11.8 Å². The van der Waals surface area contributed by atoms with Crippen molar-refractivity contribution in [3.8, 4) is 6.07 Å². The average Bonchev–Trinajstić information content (AvgIpc) is 3.27. The standard InChI is InChI=1S/C23H31N2.C5H8.C2H3N.2ClH.Ru/c1-16(2)20-11-7-9-18(5)22(20)24-13-14-25(15-24)23-19(6)10-8-12-21(23)17(3)4;1-4-5(2)3;1-2-3;;;/h7-12,15-17H,13-14H2,1-6H3;1,4H,2-3H3;1H3;2*1H;/q-1;;;;;+2/p-2. The summed E-state index contributed by atoms with van der Waals surface area (Å²) in [4.78, 5) is 4.89. The number of benzene rings is 2. The molecule has 0 unspecified atom stereocenters. The molecule has 3 rings (SSSR count). The Morgan fingerprint density at radius 2 is 1.31 bits per heavy atom. The molecule has 0 N–H and O–H groups in total. The fourth-order valence-electron chi connectivity index (χ4n) is 4.08. The fourth-order valence-corrected chi connectivity index (χ4v) is 5.41. The SMILES string of the molecule is CC#N.CC(C)=C[CH]=[Ru]([Cl])[Cl].Cc1cccc(C(C)C)c1N1[CH-]N(c2c(C)cccc2C(C)C)CC1. The van der Waals surface area contributed by atoms with Crippen molar-refractivity contribution in [2.75, 3.05) is 22.9 Å². The number of para-hydroxylation sites is 2. The van der Waals surface area contributed by atoms with Gasteiger partial charge in [0.15, 0.2) is 0 Å². The Bertz CT molecular complexity index is 997. The van der Waals surface area contributed by atoms with E-state index in [2.05, 4.69) is 94.4 Å². The van der Waals surface area contributed by atoms with E-state index < -0.39 is 13.5 Å². The van der Waals surface area contributed by atoms with Gasteiger partial charge in [0.2, 0.25) is 0 Å². The number of halogens is 2. The number of hydrogen-bond donors (Lipinski definition) is 0. The second kappa shape index (κ2) is 16.2. The van der Waals surface area contributed by atoms with Crippen LogP contribution >= 0.6 is 19.4 Å². The van der Waals surface area contributed by atoms with Crippen LogP contribution in [0.2, 0.25) is 0 Å². The third-order valence-corrected chi connectivity index (χ3v) is 7.48. The monoisotopic (exact) mass is 616 g/mol. The molecule has 1 fully saturated rings. The van der Waals surface area contributed by atoms with Crippen LogP contribution in [0.25, 0.3) is 0 Å². The van der Waals surface area contributed by atoms with Crippen molar-refractivity contribution in [3.05, 3.63) is 77.0 Å². The van der Waals surface area contributed by atoms with E-state index >= 15 is 0 Å². The third-order valence-electron chi connectivity index (χ3n) is 5.70. The summed E-state index contributed by atoms with van der Waals surface area (Å²) in [6.07, 6.45) is 1.96. The van der Waals surface area contributed by atoms with Crippen LogP contribution in [0.3, 0.4) is 0 Å². The summed E-state index contributed by atoms with van der Waals surface area (Å²) in [6.45, 7) is 23.4. The van der Waals surface area contributed by atoms with Gasteiger partial charge in [0.1, 0.15) is 0 Å². The van der Waals surface area contributed by atoms with Crippen molar-refractivity contribution in [1.82, 2.24) is 0 Å². The van der Waals surface area contributed by atoms with Crippen LogP contribution in [0, 0.1) is 31.8 Å². The molecular weight excluding hydrogens is 574 g/mol. The minimum atomic E-state index is -1.52. The van der Waals surface area contributed by atoms with Crippen LogP contribution in [0.15, 0.2) is 48.0 Å². The van der Waals surface area contributed by atoms with E-state index in [1.165, 1.54) is 46.1 Å². The van der Waals surface area contributed by atoms with Gasteiger partial charge < -0.3 is 9.80 Å². The van der Waals surface area contributed by atoms with Crippen molar-refractivity contribution >= 4 is 35.4 Å². The van der Waals surface area contributed by atoms with Gasteiger partial charge in [-0.1, -0.05) is 64.1 Å². The Balaban J connectivity index is 0.000000498. The predicted octanol–water partition coefficient (Wildman–Crippen LogP) is 9.21. The largest absolute Gasteiger partial charge is 0.502 e. The van der Waals surface area contributed by atoms with Gasteiger partial charge in [-0.25, -0.2) is 0 Å². The third kappa shape index (κ3) is 10.0. The molecule has 1 heterocycles. The number of rotatable bonds is 5. The van der Waals surface area contributed by atoms with Gasteiger partial charge in [-0.2, -0.15) is 11.9 Å². The summed E-state index contributed by atoms with van der Waals surface area (Å²) in [6, 6.07) is 15.1. The van der Waals surface area contributed by atoms with E-state index in [9.17, 15) is 0 Å². The first kappa shape index (κ1) is 32.4. The first-order chi connectivity index (χ1) is 16.9. The fraction of sp³-hybridized carbons (Fsp3) is 0.433. The number of nitriles is 1. The summed E-state index contributed by atoms with van der Waals surface area (Å²) in [5, 5.41) is 7.32. The molecule has 6 heteroatoms. The second-order valence-corrected chi connectivity index (χ2v) is 15.4. The Morgan fingerprint density at radius 1 is 0.917 bits per heavy atom. The molecule has 200 valence electrons. The number of allylic oxidation sites excluding steroid dienone is 2. The zero-order valence-corrected chi connectivity index (χ0v) is 26.5. The second-order valence-electron chi connectivity index (χ2n) is 9.63. The van der Waals surface area contributed by atoms with Gasteiger partial charge in [-0.15, -0.1) is 0 Å². The van der Waals surface area contributed by atoms with Gasteiger partial charge in [0.25, 0.3) is 0 Å². The zero-order chi connectivity index (χ0) is 27.4. The van der Waals surface area contributed by atoms with Gasteiger partial charge in [0, 0.05) is 31.4 Å². The molecular formula is C30H42Cl2N3Ru-. The molecule has 1 aliphatic rings. The number of aryl methyl sites for hydroxylation is 2. The number of hydrogen-bond acceptors (Lipinski definition) is 3. The molecule has 3 nitrogen and oxygen atoms in total. The summed E-state index contributed by atoms with van der Waals surface area (Å²) in [7, 11) is 11.1. The van der Waals surface area contributed by atoms with Crippen LogP contribution in [0.5, 0.6) is 0 Å². The summed E-state index contributed by atoms with van der Waals surface area (Å²) in [5.74, 6) is 1.06. The summed E-state index contributed by atoms with van der Waals surface area (Å²) >= 11 is -1.52. The molecule has 36 heavy (non-hydrogen) atoms. The van der Waals surface area contributed by atoms with Crippen molar-refractivity contribution < 1.29 is 13.5 Å². The van der Waals surface area contributed by atoms with Crippen LogP contribution in [0.1, 0.15) is 82.6 Å². The van der Waals surface area contributed by atoms with Gasteiger partial charge in [0.05, 0.1) is 6.07 Å². The topological polar surface area (TPSA) is 30.3 Å². The molecule has 1 saturated heterocycles. The predicted molar refractivity (Wildman–Crippen MR) is 158 cm³/mol. The van der Waals surface area contributed by atoms with Crippen LogP contribution in [-0.2, 0) is 13.5 Å². The van der Waals surface area contributed by atoms with Crippen LogP contribution < -0.4 is 9.80 Å². The Hall–Kier alpha value is -1.66. The molecule has 2 aromatic rings. The van der Waals surface area contributed by atoms with Crippen molar-refractivity contribution in [3.63, 3.8) is 0 Å². The zero-order valence-electron chi connectivity index (χ0n) is 23.2. The minimum absolute atomic E-state index is 0.530. The minimum Gasteiger partial charge on any atom is -0.502 e. The number of nitrogens with zero attached hydrogens (tertiary/aromatic N) is 3. The maximum Gasteiger partial charge on any atom is 0.0151 e. The Morgan fingerprint density at radius 3 is 1.58 bits per heavy atom. The van der Waals surface area contributed by atoms with E-state index in [1.807, 2.05) is 24.5 Å². The van der Waals surface area contributed by atoms with E-state index in [0.717, 1.165) is 13.1 Å². The average molecular weight is 617 g/mol. The molecule has 0 amide bonds. The van der Waals surface area contributed by atoms with Crippen LogP contribution in [-0.4, -0.2) is 17.7 Å². The molecule has 0 atom stereocenters. The molecule has 0 aromatic heterocycles. The first-order valence-electron chi connectivity index (χ1n) is 12.3. The molecule has 0 aliphatic carbocycles. The summed E-state index contributed by atoms with van der Waals surface area (Å²) in [5.41, 5.74) is 9.61. The number of anilines is 2. The van der Waals surface area contributed by atoms with Gasteiger partial charge in [-0.05, 0) is 47.9 Å².